The van der Waals surface area contributed by atoms with Gasteiger partial charge in [0.05, 0.1) is 17.2 Å². The molecule has 1 aromatic heterocycles. The number of carbonyl (C=O) groups excluding carboxylic acids is 1. The van der Waals surface area contributed by atoms with Crippen molar-refractivity contribution in [3.8, 4) is 0 Å². The highest BCUT2D eigenvalue weighted by atomic mass is 19.3. The molecule has 1 aromatic rings. The van der Waals surface area contributed by atoms with E-state index in [0.29, 0.717) is 6.42 Å². The Morgan fingerprint density at radius 1 is 1.32 bits per heavy atom. The highest BCUT2D eigenvalue weighted by Gasteiger charge is 2.49. The highest BCUT2D eigenvalue weighted by molar-refractivity contribution is 5.96. The maximum absolute atomic E-state index is 13.5. The number of hydrogen-bond donors (Lipinski definition) is 1. The Morgan fingerprint density at radius 3 is 2.40 bits per heavy atom. The largest absolute Gasteiger partial charge is 0.481 e. The summed E-state index contributed by atoms with van der Waals surface area (Å²) in [5.41, 5.74) is -1.56. The number of likely N-dealkylation sites (tertiary alicyclic amines) is 1. The third-order valence-electron chi connectivity index (χ3n) is 4.97. The Bertz CT molecular complexity index is 658. The number of nitrogens with zero attached hydrogens (tertiary/aromatic N) is 3. The lowest BCUT2D eigenvalue weighted by Crippen LogP contribution is -2.40. The van der Waals surface area contributed by atoms with E-state index in [4.69, 9.17) is 0 Å². The molecule has 8 heteroatoms. The fourth-order valence-corrected chi connectivity index (χ4v) is 3.35. The topological polar surface area (TPSA) is 75.4 Å². The summed E-state index contributed by atoms with van der Waals surface area (Å²) in [7, 11) is 0. The molecule has 0 spiro atoms. The maximum atomic E-state index is 13.5. The number of carbonyl (C=O) groups is 2. The summed E-state index contributed by atoms with van der Waals surface area (Å²) in [6.07, 6.45) is -1.34. The van der Waals surface area contributed by atoms with Crippen LogP contribution >= 0.6 is 0 Å². The Kier molecular flexibility index (Phi) is 5.49. The zero-order chi connectivity index (χ0) is 18.9. The Morgan fingerprint density at radius 2 is 1.96 bits per heavy atom. The molecule has 0 aromatic carbocycles. The molecule has 0 radical (unpaired) electrons. The number of alkyl halides is 2. The van der Waals surface area contributed by atoms with E-state index in [2.05, 4.69) is 5.10 Å². The summed E-state index contributed by atoms with van der Waals surface area (Å²) >= 11 is 0. The summed E-state index contributed by atoms with van der Waals surface area (Å²) in [6.45, 7) is 7.91. The fraction of sp³-hybridized carbons (Fsp3) is 0.706. The lowest BCUT2D eigenvalue weighted by molar-refractivity contribution is -0.150. The molecule has 0 bridgehead atoms. The maximum Gasteiger partial charge on any atom is 0.311 e. The number of rotatable bonds is 6. The van der Waals surface area contributed by atoms with Crippen LogP contribution in [0.15, 0.2) is 6.20 Å². The number of halogens is 2. The molecule has 6 nitrogen and oxygen atoms in total. The Labute approximate surface area is 145 Å². The van der Waals surface area contributed by atoms with E-state index in [1.54, 1.807) is 13.8 Å². The van der Waals surface area contributed by atoms with Crippen molar-refractivity contribution < 1.29 is 23.5 Å². The number of carboxylic acids is 1. The van der Waals surface area contributed by atoms with Crippen molar-refractivity contribution in [2.24, 2.45) is 17.3 Å². The monoisotopic (exact) mass is 357 g/mol. The highest BCUT2D eigenvalue weighted by Crippen LogP contribution is 2.39. The first-order valence-electron chi connectivity index (χ1n) is 8.46. The second-order valence-electron chi connectivity index (χ2n) is 7.41. The first-order valence-corrected chi connectivity index (χ1v) is 8.46. The van der Waals surface area contributed by atoms with E-state index in [1.165, 1.54) is 15.8 Å². The van der Waals surface area contributed by atoms with E-state index in [1.807, 2.05) is 13.8 Å². The van der Waals surface area contributed by atoms with Crippen molar-refractivity contribution in [3.05, 3.63) is 17.5 Å². The minimum Gasteiger partial charge on any atom is -0.481 e. The summed E-state index contributed by atoms with van der Waals surface area (Å²) in [5.74, 6) is -1.59. The average molecular weight is 357 g/mol. The number of amides is 1. The van der Waals surface area contributed by atoms with Crippen molar-refractivity contribution in [2.75, 3.05) is 13.1 Å². The number of aromatic nitrogens is 2. The second-order valence-corrected chi connectivity index (χ2v) is 7.41. The van der Waals surface area contributed by atoms with E-state index in [0.717, 1.165) is 0 Å². The minimum absolute atomic E-state index is 0.0247. The third kappa shape index (κ3) is 3.52. The predicted octanol–water partition coefficient (Wildman–Crippen LogP) is 3.05. The first kappa shape index (κ1) is 19.3. The van der Waals surface area contributed by atoms with Crippen LogP contribution in [-0.2, 0) is 11.3 Å². The van der Waals surface area contributed by atoms with Gasteiger partial charge in [-0.1, -0.05) is 27.7 Å². The van der Waals surface area contributed by atoms with Crippen molar-refractivity contribution in [1.82, 2.24) is 14.7 Å². The van der Waals surface area contributed by atoms with Gasteiger partial charge in [0.15, 0.2) is 0 Å². The SMILES string of the molecule is CC(C)Cn1ncc(C(=O)N2CCC(C(=O)O)(C(C)C)C2)c1C(F)F. The molecule has 1 atom stereocenters. The van der Waals surface area contributed by atoms with Gasteiger partial charge in [-0.25, -0.2) is 8.78 Å². The zero-order valence-electron chi connectivity index (χ0n) is 15.0. The van der Waals surface area contributed by atoms with E-state index in [-0.39, 0.29) is 37.0 Å². The van der Waals surface area contributed by atoms with Crippen LogP contribution < -0.4 is 0 Å². The van der Waals surface area contributed by atoms with Gasteiger partial charge >= 0.3 is 5.97 Å². The lowest BCUT2D eigenvalue weighted by atomic mass is 9.76. The normalized spacial score (nSPS) is 20.9. The average Bonchev–Trinajstić information content (AvgIpc) is 3.10. The summed E-state index contributed by atoms with van der Waals surface area (Å²) in [4.78, 5) is 25.8. The molecule has 1 fully saturated rings. The molecular formula is C17H25F2N3O3. The number of carboxylic acid groups (broad SMARTS) is 1. The molecule has 140 valence electrons. The molecule has 2 rings (SSSR count). The van der Waals surface area contributed by atoms with Gasteiger partial charge in [0.25, 0.3) is 12.3 Å². The second kappa shape index (κ2) is 7.09. The molecular weight excluding hydrogens is 332 g/mol. The molecule has 25 heavy (non-hydrogen) atoms. The van der Waals surface area contributed by atoms with E-state index >= 15 is 0 Å². The van der Waals surface area contributed by atoms with Crippen molar-refractivity contribution >= 4 is 11.9 Å². The fourth-order valence-electron chi connectivity index (χ4n) is 3.35. The van der Waals surface area contributed by atoms with Crippen LogP contribution in [0.25, 0.3) is 0 Å². The number of hydrogen-bond acceptors (Lipinski definition) is 3. The summed E-state index contributed by atoms with van der Waals surface area (Å²) in [6, 6.07) is 0. The summed E-state index contributed by atoms with van der Waals surface area (Å²) in [5, 5.41) is 13.5. The van der Waals surface area contributed by atoms with Gasteiger partial charge in [0, 0.05) is 19.6 Å². The van der Waals surface area contributed by atoms with Gasteiger partial charge < -0.3 is 10.0 Å². The van der Waals surface area contributed by atoms with Gasteiger partial charge in [0.2, 0.25) is 0 Å². The molecule has 1 saturated heterocycles. The van der Waals surface area contributed by atoms with Crippen molar-refractivity contribution in [3.63, 3.8) is 0 Å². The van der Waals surface area contributed by atoms with Crippen LogP contribution in [0, 0.1) is 17.3 Å². The molecule has 1 N–H and O–H groups in total. The van der Waals surface area contributed by atoms with Crippen molar-refractivity contribution in [1.29, 1.82) is 0 Å². The quantitative estimate of drug-likeness (QED) is 0.849. The molecule has 2 heterocycles. The third-order valence-corrected chi connectivity index (χ3v) is 4.97. The van der Waals surface area contributed by atoms with E-state index in [9.17, 15) is 23.5 Å². The molecule has 1 amide bonds. The van der Waals surface area contributed by atoms with E-state index < -0.39 is 29.4 Å². The van der Waals surface area contributed by atoms with Crippen molar-refractivity contribution in [2.45, 2.75) is 47.1 Å². The first-order chi connectivity index (χ1) is 11.6. The van der Waals surface area contributed by atoms with Gasteiger partial charge in [-0.3, -0.25) is 14.3 Å². The molecule has 1 unspecified atom stereocenters. The van der Waals surface area contributed by atoms with Gasteiger partial charge in [-0.05, 0) is 18.3 Å². The van der Waals surface area contributed by atoms with Crippen LogP contribution in [-0.4, -0.2) is 44.8 Å². The van der Waals surface area contributed by atoms with Crippen LogP contribution in [0.3, 0.4) is 0 Å². The minimum atomic E-state index is -2.82. The van der Waals surface area contributed by atoms with Crippen LogP contribution in [0.4, 0.5) is 8.78 Å². The Hall–Kier alpha value is -1.99. The van der Waals surface area contributed by atoms with Crippen LogP contribution in [0.5, 0.6) is 0 Å². The number of aliphatic carboxylic acids is 1. The van der Waals surface area contributed by atoms with Crippen LogP contribution in [0.1, 0.15) is 56.6 Å². The lowest BCUT2D eigenvalue weighted by Gasteiger charge is -2.28. The molecule has 0 saturated carbocycles. The zero-order valence-corrected chi connectivity index (χ0v) is 15.0. The summed E-state index contributed by atoms with van der Waals surface area (Å²) < 4.78 is 28.2. The smallest absolute Gasteiger partial charge is 0.311 e. The van der Waals surface area contributed by atoms with Crippen LogP contribution in [0.2, 0.25) is 0 Å². The molecule has 0 aliphatic carbocycles. The molecule has 1 aliphatic rings. The standard InChI is InChI=1S/C17H25F2N3O3/c1-10(2)8-22-13(14(18)19)12(7-20-22)15(23)21-6-5-17(9-21,11(3)4)16(24)25/h7,10-11,14H,5-6,8-9H2,1-4H3,(H,24,25). The van der Waals surface area contributed by atoms with Gasteiger partial charge in [-0.2, -0.15) is 5.10 Å². The molecule has 1 aliphatic heterocycles. The van der Waals surface area contributed by atoms with Gasteiger partial charge in [-0.15, -0.1) is 0 Å². The predicted molar refractivity (Wildman–Crippen MR) is 87.4 cm³/mol. The van der Waals surface area contributed by atoms with Gasteiger partial charge in [0.1, 0.15) is 5.69 Å². The Balaban J connectivity index is 2.30.